The van der Waals surface area contributed by atoms with Crippen LogP contribution in [0.25, 0.3) is 10.9 Å². The molecule has 1 aromatic carbocycles. The van der Waals surface area contributed by atoms with Crippen molar-refractivity contribution in [2.45, 2.75) is 115 Å². The van der Waals surface area contributed by atoms with E-state index in [-0.39, 0.29) is 54.0 Å². The van der Waals surface area contributed by atoms with E-state index >= 15 is 0 Å². The smallest absolute Gasteiger partial charge is 0.270 e. The maximum Gasteiger partial charge on any atom is 0.270 e. The third kappa shape index (κ3) is 10.2. The van der Waals surface area contributed by atoms with E-state index in [9.17, 15) is 19.5 Å². The summed E-state index contributed by atoms with van der Waals surface area (Å²) < 4.78 is 0. The minimum Gasteiger partial charge on any atom is -0.390 e. The highest BCUT2D eigenvalue weighted by Crippen LogP contribution is 2.39. The highest BCUT2D eigenvalue weighted by Gasteiger charge is 2.42. The Morgan fingerprint density at radius 1 is 1.06 bits per heavy atom. The number of benzene rings is 1. The highest BCUT2D eigenvalue weighted by atomic mass is 16.3. The maximum absolute atomic E-state index is 13.8. The number of likely N-dealkylation sites (tertiary alicyclic amines) is 1. The Morgan fingerprint density at radius 2 is 1.84 bits per heavy atom. The zero-order valence-electron chi connectivity index (χ0n) is 30.4. The Kier molecular flexibility index (Phi) is 13.2. The highest BCUT2D eigenvalue weighted by molar-refractivity contribution is 5.95. The number of rotatable bonds is 15. The third-order valence-electron chi connectivity index (χ3n) is 11.1. The summed E-state index contributed by atoms with van der Waals surface area (Å²) in [6, 6.07) is 9.98. The minimum atomic E-state index is -0.792. The first-order valence-electron chi connectivity index (χ1n) is 18.8. The van der Waals surface area contributed by atoms with Crippen LogP contribution in [0.4, 0.5) is 0 Å². The van der Waals surface area contributed by atoms with Crippen LogP contribution in [-0.2, 0) is 9.59 Å². The molecule has 2 heterocycles. The molecule has 5 rings (SSSR count). The van der Waals surface area contributed by atoms with E-state index in [1.165, 1.54) is 25.7 Å². The van der Waals surface area contributed by atoms with Gasteiger partial charge in [0.05, 0.1) is 23.7 Å². The lowest BCUT2D eigenvalue weighted by atomic mass is 9.72. The average molecular weight is 687 g/mol. The largest absolute Gasteiger partial charge is 0.390 e. The Morgan fingerprint density at radius 3 is 2.58 bits per heavy atom. The van der Waals surface area contributed by atoms with Crippen molar-refractivity contribution in [3.8, 4) is 0 Å². The Hall–Kier alpha value is -3.60. The number of aromatic nitrogens is 1. The van der Waals surface area contributed by atoms with Gasteiger partial charge in [-0.3, -0.25) is 19.3 Å². The van der Waals surface area contributed by atoms with E-state index in [4.69, 9.17) is 0 Å². The van der Waals surface area contributed by atoms with Gasteiger partial charge in [0, 0.05) is 50.1 Å². The number of carbonyl (C=O) groups excluding carboxylic acids is 3. The fraction of sp³-hybridized carbons (Fsp3) is 0.600. The number of aliphatic hydroxyl groups excluding tert-OH is 1. The third-order valence-corrected chi connectivity index (χ3v) is 11.1. The normalized spacial score (nSPS) is 22.9. The van der Waals surface area contributed by atoms with Gasteiger partial charge < -0.3 is 26.4 Å². The molecule has 2 aliphatic carbocycles. The number of amides is 3. The summed E-state index contributed by atoms with van der Waals surface area (Å²) in [5.74, 6) is 0.561. The Bertz CT molecular complexity index is 1540. The molecule has 0 spiro atoms. The second-order valence-corrected chi connectivity index (χ2v) is 15.2. The molecule has 3 aliphatic rings. The number of pyridine rings is 1. The zero-order valence-corrected chi connectivity index (χ0v) is 30.4. The number of hydrogen-bond donors (Lipinski definition) is 5. The molecule has 1 aliphatic heterocycles. The fourth-order valence-corrected chi connectivity index (χ4v) is 7.71. The van der Waals surface area contributed by atoms with Gasteiger partial charge in [-0.05, 0) is 76.3 Å². The van der Waals surface area contributed by atoms with Gasteiger partial charge in [0.25, 0.3) is 5.91 Å². The molecule has 1 saturated heterocycles. The van der Waals surface area contributed by atoms with Crippen molar-refractivity contribution in [2.24, 2.45) is 11.8 Å². The molecular formula is C40H58N6O4. The van der Waals surface area contributed by atoms with E-state index in [2.05, 4.69) is 70.2 Å². The number of piperidine rings is 1. The Balaban J connectivity index is 1.32. The first-order chi connectivity index (χ1) is 24.0. The monoisotopic (exact) mass is 686 g/mol. The van der Waals surface area contributed by atoms with E-state index in [1.54, 1.807) is 13.1 Å². The number of hydrogen-bond acceptors (Lipinski definition) is 7. The lowest BCUT2D eigenvalue weighted by Crippen LogP contribution is -2.60. The van der Waals surface area contributed by atoms with Gasteiger partial charge in [-0.15, -0.1) is 0 Å². The summed E-state index contributed by atoms with van der Waals surface area (Å²) in [6.45, 7) is 7.64. The number of para-hydroxylation sites is 1. The quantitative estimate of drug-likeness (QED) is 0.184. The summed E-state index contributed by atoms with van der Waals surface area (Å²) in [5.41, 5.74) is 1.84. The molecule has 3 amide bonds. The van der Waals surface area contributed by atoms with Crippen LogP contribution in [0.1, 0.15) is 95.5 Å². The topological polar surface area (TPSA) is 136 Å². The van der Waals surface area contributed by atoms with Crippen LogP contribution >= 0.6 is 0 Å². The fourth-order valence-electron chi connectivity index (χ4n) is 7.71. The van der Waals surface area contributed by atoms with Crippen LogP contribution in [0.3, 0.4) is 0 Å². The van der Waals surface area contributed by atoms with Crippen molar-refractivity contribution in [3.63, 3.8) is 0 Å². The zero-order chi connectivity index (χ0) is 35.7. The van der Waals surface area contributed by atoms with Crippen LogP contribution < -0.4 is 21.3 Å². The van der Waals surface area contributed by atoms with E-state index in [0.717, 1.165) is 48.7 Å². The lowest BCUT2D eigenvalue weighted by molar-refractivity contribution is -0.132. The number of β-amino-alcohol motifs (C(OH)–C–C–N with tert-alkyl or cyclic N) is 1. The summed E-state index contributed by atoms with van der Waals surface area (Å²) in [7, 11) is 1.58. The standard InChI is InChI=1S/C40H58N6O4/c1-5-40(2,3)45-39(50)35-22-29-16-9-10-17-30(29)25-46(35)26-36(47)34(21-27-13-7-6-8-14-27)42-24-31(23-37(48)41-4)43-38(49)33-20-19-28-15-11-12-18-32(28)44-33/h7,11-15,18-20,29-31,34-36,42,47H,5-6,8-10,16-17,21-26H2,1-4H3,(H,41,48)(H,43,49)(H,45,50). The SMILES string of the molecule is CCC(C)(C)NC(=O)C1CC2CCCCC2CN1CC(O)C(CC1=CCCC=C1)NCC(CC(=O)NC)NC(=O)c1ccc2ccccc2n1. The molecule has 0 bridgehead atoms. The first-order valence-corrected chi connectivity index (χ1v) is 18.8. The van der Waals surface area contributed by atoms with Crippen LogP contribution in [0.2, 0.25) is 0 Å². The lowest BCUT2D eigenvalue weighted by Gasteiger charge is -2.47. The number of carbonyl (C=O) groups is 3. The molecule has 2 fully saturated rings. The summed E-state index contributed by atoms with van der Waals surface area (Å²) in [6.07, 6.45) is 14.7. The summed E-state index contributed by atoms with van der Waals surface area (Å²) >= 11 is 0. The second kappa shape index (κ2) is 17.6. The van der Waals surface area contributed by atoms with Gasteiger partial charge in [-0.1, -0.05) is 74.3 Å². The number of allylic oxidation sites excluding steroid dienone is 3. The van der Waals surface area contributed by atoms with Crippen molar-refractivity contribution < 1.29 is 19.5 Å². The van der Waals surface area contributed by atoms with E-state index in [1.807, 2.05) is 30.3 Å². The Labute approximate surface area is 297 Å². The van der Waals surface area contributed by atoms with Crippen molar-refractivity contribution in [2.75, 3.05) is 26.7 Å². The van der Waals surface area contributed by atoms with E-state index < -0.39 is 12.1 Å². The molecule has 2 aromatic rings. The van der Waals surface area contributed by atoms with Crippen LogP contribution in [0.5, 0.6) is 0 Å². The van der Waals surface area contributed by atoms with Gasteiger partial charge in [0.2, 0.25) is 11.8 Å². The summed E-state index contributed by atoms with van der Waals surface area (Å²) in [4.78, 5) is 46.6. The molecule has 5 N–H and O–H groups in total. The first kappa shape index (κ1) is 37.7. The molecule has 6 atom stereocenters. The van der Waals surface area contributed by atoms with Gasteiger partial charge in [0.15, 0.2) is 0 Å². The summed E-state index contributed by atoms with van der Waals surface area (Å²) in [5, 5.41) is 25.5. The van der Waals surface area contributed by atoms with Gasteiger partial charge in [0.1, 0.15) is 5.69 Å². The van der Waals surface area contributed by atoms with Crippen LogP contribution in [0, 0.1) is 11.8 Å². The molecular weight excluding hydrogens is 628 g/mol. The number of fused-ring (bicyclic) bond motifs is 2. The van der Waals surface area contributed by atoms with Crippen molar-refractivity contribution in [1.82, 2.24) is 31.2 Å². The average Bonchev–Trinajstić information content (AvgIpc) is 3.12. The number of aliphatic hydroxyl groups is 1. The molecule has 272 valence electrons. The van der Waals surface area contributed by atoms with E-state index in [0.29, 0.717) is 24.8 Å². The number of nitrogens with zero attached hydrogens (tertiary/aromatic N) is 2. The molecule has 50 heavy (non-hydrogen) atoms. The molecule has 0 radical (unpaired) electrons. The molecule has 1 saturated carbocycles. The van der Waals surface area contributed by atoms with Gasteiger partial charge in [-0.2, -0.15) is 0 Å². The van der Waals surface area contributed by atoms with Crippen molar-refractivity contribution in [1.29, 1.82) is 0 Å². The predicted molar refractivity (Wildman–Crippen MR) is 198 cm³/mol. The predicted octanol–water partition coefficient (Wildman–Crippen LogP) is 4.64. The molecule has 10 nitrogen and oxygen atoms in total. The van der Waals surface area contributed by atoms with Crippen molar-refractivity contribution in [3.05, 3.63) is 65.9 Å². The maximum atomic E-state index is 13.8. The van der Waals surface area contributed by atoms with Gasteiger partial charge >= 0.3 is 0 Å². The van der Waals surface area contributed by atoms with Crippen molar-refractivity contribution >= 4 is 28.6 Å². The second-order valence-electron chi connectivity index (χ2n) is 15.2. The van der Waals surface area contributed by atoms with Crippen LogP contribution in [0.15, 0.2) is 60.2 Å². The van der Waals surface area contributed by atoms with Gasteiger partial charge in [-0.25, -0.2) is 4.98 Å². The minimum absolute atomic E-state index is 0.0474. The molecule has 6 unspecified atom stereocenters. The van der Waals surface area contributed by atoms with Crippen LogP contribution in [-0.4, -0.2) is 89.2 Å². The molecule has 1 aromatic heterocycles. The number of nitrogens with one attached hydrogen (secondary N) is 4. The molecule has 10 heteroatoms.